The molecule has 1 aliphatic rings. The minimum atomic E-state index is -3.62. The maximum absolute atomic E-state index is 12.3. The van der Waals surface area contributed by atoms with Crippen molar-refractivity contribution in [2.24, 2.45) is 0 Å². The van der Waals surface area contributed by atoms with E-state index in [9.17, 15) is 13.2 Å². The lowest BCUT2D eigenvalue weighted by Gasteiger charge is -2.16. The number of ether oxygens (including phenoxy) is 1. The smallest absolute Gasteiger partial charge is 0.302 e. The van der Waals surface area contributed by atoms with Gasteiger partial charge in [-0.1, -0.05) is 32.0 Å². The molecule has 0 amide bonds. The van der Waals surface area contributed by atoms with Gasteiger partial charge in [-0.25, -0.2) is 13.1 Å². The first kappa shape index (κ1) is 19.9. The molecule has 24 heavy (non-hydrogen) atoms. The minimum absolute atomic E-state index is 0.0759. The Kier molecular flexibility index (Phi) is 7.68. The fourth-order valence-electron chi connectivity index (χ4n) is 2.38. The molecule has 1 saturated heterocycles. The van der Waals surface area contributed by atoms with E-state index in [0.717, 1.165) is 0 Å². The van der Waals surface area contributed by atoms with E-state index in [1.54, 1.807) is 18.2 Å². The van der Waals surface area contributed by atoms with E-state index in [4.69, 9.17) is 10.00 Å². The van der Waals surface area contributed by atoms with Crippen molar-refractivity contribution in [2.45, 2.75) is 44.2 Å². The Morgan fingerprint density at radius 3 is 2.54 bits per heavy atom. The zero-order valence-electron chi connectivity index (χ0n) is 14.1. The molecule has 0 radical (unpaired) electrons. The van der Waals surface area contributed by atoms with Crippen LogP contribution in [0.15, 0.2) is 35.2 Å². The number of carbonyl (C=O) groups is 1. The van der Waals surface area contributed by atoms with E-state index in [0.29, 0.717) is 6.42 Å². The quantitative estimate of drug-likeness (QED) is 0.636. The summed E-state index contributed by atoms with van der Waals surface area (Å²) in [6, 6.07) is 7.34. The third-order valence-corrected chi connectivity index (χ3v) is 4.93. The molecule has 0 aromatic heterocycles. The van der Waals surface area contributed by atoms with Crippen molar-refractivity contribution in [2.75, 3.05) is 13.2 Å². The van der Waals surface area contributed by atoms with Crippen LogP contribution in [0.25, 0.3) is 0 Å². The Morgan fingerprint density at radius 2 is 2.00 bits per heavy atom. The van der Waals surface area contributed by atoms with Crippen molar-refractivity contribution in [1.82, 2.24) is 9.62 Å². The molecule has 1 fully saturated rings. The van der Waals surface area contributed by atoms with E-state index in [1.807, 2.05) is 20.0 Å². The number of benzene rings is 1. The molecule has 1 N–H and O–H groups in total. The van der Waals surface area contributed by atoms with Gasteiger partial charge in [0.25, 0.3) is 0 Å². The molecule has 0 spiro atoms. The Balaban J connectivity index is 0.00000139. The highest BCUT2D eigenvalue weighted by molar-refractivity contribution is 7.89. The molecular formula is C16H23N3O4S. The van der Waals surface area contributed by atoms with Gasteiger partial charge < -0.3 is 9.64 Å². The molecule has 1 aromatic rings. The minimum Gasteiger partial charge on any atom is -0.464 e. The van der Waals surface area contributed by atoms with Gasteiger partial charge in [-0.2, -0.15) is 5.26 Å². The van der Waals surface area contributed by atoms with Crippen LogP contribution in [0.5, 0.6) is 0 Å². The first-order chi connectivity index (χ1) is 11.4. The number of nitriles is 1. The average Bonchev–Trinajstić information content (AvgIpc) is 2.96. The van der Waals surface area contributed by atoms with Gasteiger partial charge in [-0.05, 0) is 18.6 Å². The molecule has 0 saturated carbocycles. The van der Waals surface area contributed by atoms with Crippen LogP contribution in [0, 0.1) is 11.5 Å². The third-order valence-electron chi connectivity index (χ3n) is 3.40. The zero-order chi connectivity index (χ0) is 18.2. The molecule has 1 aromatic carbocycles. The second-order valence-corrected chi connectivity index (χ2v) is 6.79. The monoisotopic (exact) mass is 353 g/mol. The van der Waals surface area contributed by atoms with Crippen molar-refractivity contribution in [3.8, 4) is 6.19 Å². The summed E-state index contributed by atoms with van der Waals surface area (Å²) in [5.41, 5.74) is 0. The number of carbonyl (C=O) groups excluding carboxylic acids is 1. The summed E-state index contributed by atoms with van der Waals surface area (Å²) < 4.78 is 32.0. The van der Waals surface area contributed by atoms with E-state index in [-0.39, 0.29) is 24.1 Å². The summed E-state index contributed by atoms with van der Waals surface area (Å²) in [6.45, 7) is 5.63. The van der Waals surface area contributed by atoms with Crippen molar-refractivity contribution >= 4 is 16.0 Å². The number of hydrogen-bond acceptors (Lipinski definition) is 6. The maximum Gasteiger partial charge on any atom is 0.302 e. The number of nitrogens with zero attached hydrogens (tertiary/aromatic N) is 2. The van der Waals surface area contributed by atoms with Crippen molar-refractivity contribution in [1.29, 1.82) is 5.26 Å². The highest BCUT2D eigenvalue weighted by atomic mass is 32.2. The van der Waals surface area contributed by atoms with Crippen LogP contribution in [0.2, 0.25) is 0 Å². The van der Waals surface area contributed by atoms with Gasteiger partial charge in [0.2, 0.25) is 10.0 Å². The van der Waals surface area contributed by atoms with Crippen molar-refractivity contribution in [3.63, 3.8) is 0 Å². The summed E-state index contributed by atoms with van der Waals surface area (Å²) in [6.07, 6.45) is 2.41. The predicted octanol–water partition coefficient (Wildman–Crippen LogP) is 1.48. The number of likely N-dealkylation sites (tertiary alicyclic amines) is 1. The molecule has 2 atom stereocenters. The maximum atomic E-state index is 12.3. The molecule has 2 rings (SSSR count). The normalized spacial score (nSPS) is 19.8. The Morgan fingerprint density at radius 1 is 1.38 bits per heavy atom. The SMILES string of the molecule is CC.CC(=O)OC[C@H]1C[C@@H](NS(=O)(=O)c2ccccc2)CN1C#N. The molecule has 0 bridgehead atoms. The first-order valence-electron chi connectivity index (χ1n) is 7.79. The Labute approximate surface area is 143 Å². The summed E-state index contributed by atoms with van der Waals surface area (Å²) in [5.74, 6) is -0.425. The van der Waals surface area contributed by atoms with Crippen LogP contribution in [-0.2, 0) is 19.6 Å². The van der Waals surface area contributed by atoms with Gasteiger partial charge in [-0.3, -0.25) is 4.79 Å². The third kappa shape index (κ3) is 5.51. The molecule has 8 heteroatoms. The lowest BCUT2D eigenvalue weighted by atomic mass is 10.2. The Hall–Kier alpha value is -2.11. The first-order valence-corrected chi connectivity index (χ1v) is 9.28. The number of sulfonamides is 1. The number of hydrogen-bond donors (Lipinski definition) is 1. The fourth-order valence-corrected chi connectivity index (χ4v) is 3.64. The molecular weight excluding hydrogens is 330 g/mol. The van der Waals surface area contributed by atoms with Gasteiger partial charge >= 0.3 is 5.97 Å². The van der Waals surface area contributed by atoms with Gasteiger partial charge in [0.15, 0.2) is 6.19 Å². The number of rotatable bonds is 5. The molecule has 1 aliphatic heterocycles. The summed E-state index contributed by atoms with van der Waals surface area (Å²) >= 11 is 0. The van der Waals surface area contributed by atoms with Crippen LogP contribution < -0.4 is 4.72 Å². The summed E-state index contributed by atoms with van der Waals surface area (Å²) in [5, 5.41) is 9.09. The van der Waals surface area contributed by atoms with Gasteiger partial charge in [0, 0.05) is 19.5 Å². The largest absolute Gasteiger partial charge is 0.464 e. The van der Waals surface area contributed by atoms with Crippen LogP contribution in [0.1, 0.15) is 27.2 Å². The van der Waals surface area contributed by atoms with E-state index < -0.39 is 22.0 Å². The van der Waals surface area contributed by atoms with Gasteiger partial charge in [0.05, 0.1) is 10.9 Å². The van der Waals surface area contributed by atoms with Crippen LogP contribution in [-0.4, -0.2) is 44.5 Å². The lowest BCUT2D eigenvalue weighted by molar-refractivity contribution is -0.142. The average molecular weight is 353 g/mol. The van der Waals surface area contributed by atoms with E-state index in [1.165, 1.54) is 24.0 Å². The molecule has 0 aliphatic carbocycles. The second-order valence-electron chi connectivity index (χ2n) is 5.08. The van der Waals surface area contributed by atoms with Crippen molar-refractivity contribution < 1.29 is 17.9 Å². The molecule has 0 unspecified atom stereocenters. The van der Waals surface area contributed by atoms with Crippen LogP contribution in [0.4, 0.5) is 0 Å². The van der Waals surface area contributed by atoms with Gasteiger partial charge in [-0.15, -0.1) is 0 Å². The standard InChI is InChI=1S/C14H17N3O4S.C2H6/c1-11(18)21-9-13-7-12(8-17(13)10-15)16-22(19,20)14-5-3-2-4-6-14;1-2/h2-6,12-13,16H,7-9H2,1H3;1-2H3/t12-,13-;/m1./s1. The summed E-state index contributed by atoms with van der Waals surface area (Å²) in [7, 11) is -3.62. The van der Waals surface area contributed by atoms with Crippen LogP contribution in [0.3, 0.4) is 0 Å². The fraction of sp³-hybridized carbons (Fsp3) is 0.500. The van der Waals surface area contributed by atoms with E-state index >= 15 is 0 Å². The topological polar surface area (TPSA) is 99.5 Å². The zero-order valence-corrected chi connectivity index (χ0v) is 14.9. The van der Waals surface area contributed by atoms with Crippen molar-refractivity contribution in [3.05, 3.63) is 30.3 Å². The highest BCUT2D eigenvalue weighted by Crippen LogP contribution is 2.19. The second kappa shape index (κ2) is 9.25. The molecule has 7 nitrogen and oxygen atoms in total. The van der Waals surface area contributed by atoms with E-state index in [2.05, 4.69) is 4.72 Å². The number of nitrogens with one attached hydrogen (secondary N) is 1. The number of esters is 1. The van der Waals surface area contributed by atoms with Gasteiger partial charge in [0.1, 0.15) is 6.61 Å². The Bertz CT molecular complexity index is 670. The highest BCUT2D eigenvalue weighted by Gasteiger charge is 2.34. The molecule has 1 heterocycles. The molecule has 132 valence electrons. The lowest BCUT2D eigenvalue weighted by Crippen LogP contribution is -2.36. The predicted molar refractivity (Wildman–Crippen MR) is 89.3 cm³/mol. The van der Waals surface area contributed by atoms with Crippen LogP contribution >= 0.6 is 0 Å². The summed E-state index contributed by atoms with van der Waals surface area (Å²) in [4.78, 5) is 12.5.